The van der Waals surface area contributed by atoms with Gasteiger partial charge >= 0.3 is 0 Å². The van der Waals surface area contributed by atoms with Crippen molar-refractivity contribution in [3.8, 4) is 39.8 Å². The van der Waals surface area contributed by atoms with Gasteiger partial charge in [0.25, 0.3) is 0 Å². The molecule has 0 amide bonds. The molecule has 0 radical (unpaired) electrons. The van der Waals surface area contributed by atoms with Gasteiger partial charge in [0.2, 0.25) is 10.6 Å². The number of para-hydroxylation sites is 2. The third-order valence-electron chi connectivity index (χ3n) is 5.82. The van der Waals surface area contributed by atoms with Crippen LogP contribution in [-0.4, -0.2) is 25.0 Å². The molecule has 6 nitrogen and oxygen atoms in total. The van der Waals surface area contributed by atoms with Crippen molar-refractivity contribution in [3.63, 3.8) is 0 Å². The van der Waals surface area contributed by atoms with Gasteiger partial charge in [-0.15, -0.1) is 0 Å². The van der Waals surface area contributed by atoms with E-state index in [4.69, 9.17) is 27.9 Å². The summed E-state index contributed by atoms with van der Waals surface area (Å²) in [4.78, 5) is 16.6. The van der Waals surface area contributed by atoms with Crippen LogP contribution in [0.1, 0.15) is 0 Å². The van der Waals surface area contributed by atoms with Gasteiger partial charge in [-0.1, -0.05) is 36.4 Å². The summed E-state index contributed by atoms with van der Waals surface area (Å²) in [5.74, 6) is 1.14. The predicted molar refractivity (Wildman–Crippen MR) is 142 cm³/mol. The number of rotatable bonds is 1. The minimum atomic E-state index is -0.451. The quantitative estimate of drug-likeness (QED) is 0.218. The van der Waals surface area contributed by atoms with Gasteiger partial charge in [-0.2, -0.15) is 0 Å². The van der Waals surface area contributed by atoms with Crippen LogP contribution in [0.5, 0.6) is 17.2 Å². The van der Waals surface area contributed by atoms with Gasteiger partial charge in [0.1, 0.15) is 23.1 Å². The highest BCUT2D eigenvalue weighted by molar-refractivity contribution is 6.29. The molecule has 0 saturated heterocycles. The van der Waals surface area contributed by atoms with Crippen molar-refractivity contribution in [3.05, 3.63) is 101 Å². The third kappa shape index (κ3) is 4.18. The van der Waals surface area contributed by atoms with Crippen molar-refractivity contribution in [1.82, 2.24) is 19.9 Å². The monoisotopic (exact) mass is 528 g/mol. The largest absolute Gasteiger partial charge is 0.507 e. The van der Waals surface area contributed by atoms with Crippen molar-refractivity contribution < 1.29 is 14.2 Å². The van der Waals surface area contributed by atoms with Crippen LogP contribution in [0.2, 0.25) is 10.6 Å². The molecule has 0 saturated carbocycles. The summed E-state index contributed by atoms with van der Waals surface area (Å²) in [5.41, 5.74) is 3.69. The summed E-state index contributed by atoms with van der Waals surface area (Å²) in [6, 6.07) is 24.6. The van der Waals surface area contributed by atoms with Gasteiger partial charge in [-0.05, 0) is 71.7 Å². The molecule has 0 unspecified atom stereocenters. The average molecular weight is 529 g/mol. The molecule has 1 N–H and O–H groups in total. The molecule has 0 fully saturated rings. The van der Waals surface area contributed by atoms with Crippen molar-refractivity contribution in [2.45, 2.75) is 0 Å². The first-order chi connectivity index (χ1) is 18.0. The summed E-state index contributed by atoms with van der Waals surface area (Å²) in [5, 5.41) is 11.3. The van der Waals surface area contributed by atoms with Gasteiger partial charge in [-0.3, -0.25) is 0 Å². The second kappa shape index (κ2) is 9.28. The summed E-state index contributed by atoms with van der Waals surface area (Å²) >= 11 is 11.8. The van der Waals surface area contributed by atoms with E-state index in [9.17, 15) is 9.50 Å². The van der Waals surface area contributed by atoms with Crippen molar-refractivity contribution in [2.24, 2.45) is 0 Å². The van der Waals surface area contributed by atoms with Crippen LogP contribution < -0.4 is 4.74 Å². The Hall–Kier alpha value is -4.33. The summed E-state index contributed by atoms with van der Waals surface area (Å²) in [6.07, 6.45) is 0. The van der Waals surface area contributed by atoms with E-state index in [1.54, 1.807) is 30.3 Å². The van der Waals surface area contributed by atoms with Crippen LogP contribution in [0.3, 0.4) is 0 Å². The number of nitrogens with zero attached hydrogens (tertiary/aromatic N) is 4. The maximum atomic E-state index is 14.0. The second-order valence-electron chi connectivity index (χ2n) is 8.08. The Morgan fingerprint density at radius 3 is 1.89 bits per heavy atom. The Bertz CT molecular complexity index is 1830. The number of ether oxygens (including phenoxy) is 1. The number of fused-ring (bicyclic) bond motifs is 3. The first-order valence-corrected chi connectivity index (χ1v) is 11.9. The maximum absolute atomic E-state index is 14.0. The first-order valence-electron chi connectivity index (χ1n) is 11.1. The zero-order chi connectivity index (χ0) is 25.5. The summed E-state index contributed by atoms with van der Waals surface area (Å²) < 4.78 is 19.9. The smallest absolute Gasteiger partial charge is 0.223 e. The molecule has 0 aliphatic carbocycles. The molecule has 180 valence electrons. The number of halogens is 3. The highest BCUT2D eigenvalue weighted by Crippen LogP contribution is 2.44. The van der Waals surface area contributed by atoms with Gasteiger partial charge in [0.05, 0.1) is 33.2 Å². The number of aromatic hydroxyl groups is 1. The number of benzene rings is 4. The molecule has 6 aromatic rings. The van der Waals surface area contributed by atoms with E-state index in [2.05, 4.69) is 19.9 Å². The third-order valence-corrected chi connectivity index (χ3v) is 6.16. The molecule has 0 atom stereocenters. The molecule has 37 heavy (non-hydrogen) atoms. The van der Waals surface area contributed by atoms with Crippen LogP contribution in [0, 0.1) is 5.82 Å². The van der Waals surface area contributed by atoms with Crippen LogP contribution >= 0.6 is 23.2 Å². The molecule has 2 aromatic heterocycles. The fourth-order valence-corrected chi connectivity index (χ4v) is 4.61. The second-order valence-corrected chi connectivity index (χ2v) is 8.76. The van der Waals surface area contributed by atoms with Gasteiger partial charge in [0.15, 0.2) is 0 Å². The molecule has 3 heterocycles. The Kier molecular flexibility index (Phi) is 5.79. The fraction of sp³-hybridized carbons (Fsp3) is 0. The lowest BCUT2D eigenvalue weighted by Gasteiger charge is -2.19. The van der Waals surface area contributed by atoms with E-state index in [1.165, 1.54) is 12.1 Å². The molecule has 0 bridgehead atoms. The molecule has 7 rings (SSSR count). The molecule has 0 spiro atoms. The Morgan fingerprint density at radius 2 is 1.16 bits per heavy atom. The van der Waals surface area contributed by atoms with E-state index in [0.717, 1.165) is 33.7 Å². The van der Waals surface area contributed by atoms with Crippen LogP contribution in [-0.2, 0) is 0 Å². The topological polar surface area (TPSA) is 81.0 Å². The number of hydrogen-bond donors (Lipinski definition) is 1. The minimum absolute atomic E-state index is 0.0105. The van der Waals surface area contributed by atoms with Crippen LogP contribution in [0.4, 0.5) is 4.39 Å². The number of phenols is 1. The molecule has 1 aliphatic heterocycles. The Morgan fingerprint density at radius 1 is 0.595 bits per heavy atom. The van der Waals surface area contributed by atoms with Crippen molar-refractivity contribution >= 4 is 45.0 Å². The lowest BCUT2D eigenvalue weighted by atomic mass is 10.0. The van der Waals surface area contributed by atoms with Crippen LogP contribution in [0.25, 0.3) is 44.3 Å². The normalized spacial score (nSPS) is 11.4. The fourth-order valence-electron chi connectivity index (χ4n) is 4.25. The van der Waals surface area contributed by atoms with E-state index in [0.29, 0.717) is 11.1 Å². The molecule has 9 heteroatoms. The van der Waals surface area contributed by atoms with Crippen molar-refractivity contribution in [2.75, 3.05) is 0 Å². The first kappa shape index (κ1) is 23.1. The number of aromatic nitrogens is 4. The zero-order valence-corrected chi connectivity index (χ0v) is 20.4. The highest BCUT2D eigenvalue weighted by atomic mass is 35.5. The SMILES string of the molecule is Clc1nc2c3c(cccc3n1)Oc1ccccc1-2.Oc1ccccc1-c1nc(Cl)nc2cccc(F)c12. The van der Waals surface area contributed by atoms with Gasteiger partial charge < -0.3 is 9.84 Å². The zero-order valence-electron chi connectivity index (χ0n) is 18.9. The minimum Gasteiger partial charge on any atom is -0.507 e. The lowest BCUT2D eigenvalue weighted by Crippen LogP contribution is -2.00. The molecule has 1 aliphatic rings. The van der Waals surface area contributed by atoms with E-state index < -0.39 is 5.82 Å². The Balaban J connectivity index is 0.000000136. The standard InChI is InChI=1S/C14H8ClFN2O.C14H7ClN2O/c15-14-17-10-6-3-5-9(16)12(10)13(18-14)8-4-1-2-7-11(8)19;15-14-16-9-5-3-7-11-12(9)13(17-14)8-4-1-2-6-10(8)18-11/h1-7,19H;1-7H. The molecular weight excluding hydrogens is 514 g/mol. The van der Waals surface area contributed by atoms with Gasteiger partial charge in [0, 0.05) is 11.1 Å². The van der Waals surface area contributed by atoms with Gasteiger partial charge in [-0.25, -0.2) is 24.3 Å². The summed E-state index contributed by atoms with van der Waals surface area (Å²) in [7, 11) is 0. The molecular formula is C28H15Cl2FN4O2. The Labute approximate surface area is 220 Å². The average Bonchev–Trinajstić information content (AvgIpc) is 2.89. The van der Waals surface area contributed by atoms with E-state index in [-0.39, 0.29) is 27.4 Å². The van der Waals surface area contributed by atoms with Crippen molar-refractivity contribution in [1.29, 1.82) is 0 Å². The number of phenolic OH excluding ortho intramolecular Hbond substituents is 1. The molecule has 4 aromatic carbocycles. The predicted octanol–water partition coefficient (Wildman–Crippen LogP) is 7.85. The lowest BCUT2D eigenvalue weighted by molar-refractivity contribution is 0.477. The maximum Gasteiger partial charge on any atom is 0.223 e. The summed E-state index contributed by atoms with van der Waals surface area (Å²) in [6.45, 7) is 0. The van der Waals surface area contributed by atoms with E-state index >= 15 is 0 Å². The number of hydrogen-bond acceptors (Lipinski definition) is 6. The van der Waals surface area contributed by atoms with E-state index in [1.807, 2.05) is 42.5 Å². The van der Waals surface area contributed by atoms with Crippen LogP contribution in [0.15, 0.2) is 84.9 Å². The highest BCUT2D eigenvalue weighted by Gasteiger charge is 2.22.